The van der Waals surface area contributed by atoms with Gasteiger partial charge in [0.05, 0.1) is 0 Å². The normalized spacial score (nSPS) is 22.3. The first-order valence-corrected chi connectivity index (χ1v) is 7.37. The molecule has 0 aromatic heterocycles. The molecule has 1 aromatic carbocycles. The van der Waals surface area contributed by atoms with Crippen LogP contribution in [0.1, 0.15) is 32.3 Å². The van der Waals surface area contributed by atoms with E-state index in [4.69, 9.17) is 5.73 Å². The predicted molar refractivity (Wildman–Crippen MR) is 95.6 cm³/mol. The maximum absolute atomic E-state index is 11.8. The number of carbonyl (C=O) groups excluding carboxylic acids is 1. The van der Waals surface area contributed by atoms with Crippen molar-refractivity contribution in [2.24, 2.45) is 5.73 Å². The Morgan fingerprint density at radius 1 is 1.36 bits per heavy atom. The fraction of sp³-hybridized carbons (Fsp3) is 0.562. The van der Waals surface area contributed by atoms with Crippen LogP contribution in [0.3, 0.4) is 0 Å². The lowest BCUT2D eigenvalue weighted by Gasteiger charge is -2.20. The predicted octanol–water partition coefficient (Wildman–Crippen LogP) is 2.35. The van der Waals surface area contributed by atoms with Crippen LogP contribution in [0.5, 0.6) is 0 Å². The molecule has 3 atom stereocenters. The van der Waals surface area contributed by atoms with E-state index in [2.05, 4.69) is 41.4 Å². The summed E-state index contributed by atoms with van der Waals surface area (Å²) in [5.74, 6) is 0.0683. The van der Waals surface area contributed by atoms with Crippen molar-refractivity contribution in [3.63, 3.8) is 0 Å². The molecule has 1 aliphatic rings. The van der Waals surface area contributed by atoms with Crippen molar-refractivity contribution in [1.29, 1.82) is 0 Å². The van der Waals surface area contributed by atoms with E-state index in [0.717, 1.165) is 19.5 Å². The summed E-state index contributed by atoms with van der Waals surface area (Å²) in [5.41, 5.74) is 6.97. The minimum atomic E-state index is -0.0748. The maximum atomic E-state index is 11.8. The van der Waals surface area contributed by atoms with Crippen LogP contribution in [-0.4, -0.2) is 35.5 Å². The van der Waals surface area contributed by atoms with Gasteiger partial charge in [-0.2, -0.15) is 0 Å². The van der Waals surface area contributed by atoms with Gasteiger partial charge in [-0.25, -0.2) is 0 Å². The third-order valence-corrected chi connectivity index (χ3v) is 3.80. The van der Waals surface area contributed by atoms with Crippen LogP contribution in [-0.2, 0) is 11.3 Å². The van der Waals surface area contributed by atoms with Gasteiger partial charge in [-0.15, -0.1) is 24.8 Å². The van der Waals surface area contributed by atoms with E-state index in [1.165, 1.54) is 5.56 Å². The van der Waals surface area contributed by atoms with E-state index in [0.29, 0.717) is 12.5 Å². The molecule has 1 amide bonds. The van der Waals surface area contributed by atoms with Crippen LogP contribution in [0, 0.1) is 0 Å². The molecule has 0 saturated carbocycles. The second-order valence-electron chi connectivity index (χ2n) is 5.95. The van der Waals surface area contributed by atoms with Crippen molar-refractivity contribution < 1.29 is 4.79 Å². The van der Waals surface area contributed by atoms with Crippen molar-refractivity contribution in [3.05, 3.63) is 35.9 Å². The fourth-order valence-electron chi connectivity index (χ4n) is 2.82. The molecule has 22 heavy (non-hydrogen) atoms. The third-order valence-electron chi connectivity index (χ3n) is 3.80. The van der Waals surface area contributed by atoms with E-state index in [9.17, 15) is 4.79 Å². The van der Waals surface area contributed by atoms with E-state index in [-0.39, 0.29) is 42.8 Å². The molecule has 6 heteroatoms. The Balaban J connectivity index is 0.00000220. The van der Waals surface area contributed by atoms with E-state index in [1.54, 1.807) is 0 Å². The molecule has 1 heterocycles. The first-order valence-electron chi connectivity index (χ1n) is 7.37. The molecule has 1 fully saturated rings. The first kappa shape index (κ1) is 21.2. The van der Waals surface area contributed by atoms with Crippen molar-refractivity contribution in [3.8, 4) is 0 Å². The molecule has 0 bridgehead atoms. The molecule has 3 unspecified atom stereocenters. The summed E-state index contributed by atoms with van der Waals surface area (Å²) in [6.45, 7) is 5.95. The number of carbonyl (C=O) groups is 1. The van der Waals surface area contributed by atoms with Gasteiger partial charge in [0.15, 0.2) is 0 Å². The number of benzene rings is 1. The molecule has 3 N–H and O–H groups in total. The lowest BCUT2D eigenvalue weighted by atomic mass is 10.1. The molecule has 1 saturated heterocycles. The molecule has 0 aliphatic carbocycles. The number of nitrogens with two attached hydrogens (primary N) is 1. The zero-order valence-corrected chi connectivity index (χ0v) is 14.8. The largest absolute Gasteiger partial charge is 0.352 e. The van der Waals surface area contributed by atoms with Crippen LogP contribution in [0.25, 0.3) is 0 Å². The second kappa shape index (κ2) is 10.1. The molecule has 126 valence electrons. The summed E-state index contributed by atoms with van der Waals surface area (Å²) in [6.07, 6.45) is 1.42. The highest BCUT2D eigenvalue weighted by Gasteiger charge is 2.29. The number of likely N-dealkylation sites (tertiary alicyclic amines) is 1. The Morgan fingerprint density at radius 3 is 2.59 bits per heavy atom. The summed E-state index contributed by atoms with van der Waals surface area (Å²) in [4.78, 5) is 14.2. The molecule has 1 aromatic rings. The number of hydrogen-bond donors (Lipinski definition) is 2. The van der Waals surface area contributed by atoms with Crippen molar-refractivity contribution in [2.45, 2.75) is 51.4 Å². The van der Waals surface area contributed by atoms with Gasteiger partial charge in [-0.3, -0.25) is 9.69 Å². The zero-order valence-electron chi connectivity index (χ0n) is 13.2. The highest BCUT2D eigenvalue weighted by atomic mass is 35.5. The summed E-state index contributed by atoms with van der Waals surface area (Å²) >= 11 is 0. The highest BCUT2D eigenvalue weighted by molar-refractivity contribution is 5.85. The molecule has 2 rings (SSSR count). The van der Waals surface area contributed by atoms with Gasteiger partial charge in [0.25, 0.3) is 0 Å². The molecule has 4 nitrogen and oxygen atoms in total. The van der Waals surface area contributed by atoms with Crippen LogP contribution >= 0.6 is 24.8 Å². The fourth-order valence-corrected chi connectivity index (χ4v) is 2.82. The highest BCUT2D eigenvalue weighted by Crippen LogP contribution is 2.20. The maximum Gasteiger partial charge on any atom is 0.221 e. The summed E-state index contributed by atoms with van der Waals surface area (Å²) in [7, 11) is 0. The quantitative estimate of drug-likeness (QED) is 0.859. The van der Waals surface area contributed by atoms with Gasteiger partial charge in [0.1, 0.15) is 0 Å². The number of nitrogens with one attached hydrogen (secondary N) is 1. The first-order chi connectivity index (χ1) is 9.54. The minimum Gasteiger partial charge on any atom is -0.352 e. The average Bonchev–Trinajstić information content (AvgIpc) is 2.69. The smallest absolute Gasteiger partial charge is 0.221 e. The standard InChI is InChI=1S/C16H25N3O.2ClH/c1-12(17)8-16(20)18-15-9-13(2)19(11-15)10-14-6-4-3-5-7-14;;/h3-7,12-13,15H,8-11,17H2,1-2H3,(H,18,20);2*1H. The van der Waals surface area contributed by atoms with Gasteiger partial charge in [-0.1, -0.05) is 30.3 Å². The monoisotopic (exact) mass is 347 g/mol. The number of hydrogen-bond acceptors (Lipinski definition) is 3. The van der Waals surface area contributed by atoms with Gasteiger partial charge in [0, 0.05) is 37.6 Å². The van der Waals surface area contributed by atoms with E-state index in [1.807, 2.05) is 13.0 Å². The van der Waals surface area contributed by atoms with Crippen LogP contribution in [0.15, 0.2) is 30.3 Å². The van der Waals surface area contributed by atoms with Gasteiger partial charge < -0.3 is 11.1 Å². The Bertz CT molecular complexity index is 442. The number of rotatable bonds is 5. The van der Waals surface area contributed by atoms with Crippen LogP contribution in [0.2, 0.25) is 0 Å². The van der Waals surface area contributed by atoms with E-state index < -0.39 is 0 Å². The van der Waals surface area contributed by atoms with Crippen molar-refractivity contribution >= 4 is 30.7 Å². The average molecular weight is 348 g/mol. The summed E-state index contributed by atoms with van der Waals surface area (Å²) < 4.78 is 0. The lowest BCUT2D eigenvalue weighted by Crippen LogP contribution is -2.39. The lowest BCUT2D eigenvalue weighted by molar-refractivity contribution is -0.121. The molecule has 0 radical (unpaired) electrons. The Labute approximate surface area is 145 Å². The Morgan fingerprint density at radius 2 is 2.00 bits per heavy atom. The van der Waals surface area contributed by atoms with Crippen LogP contribution in [0.4, 0.5) is 0 Å². The number of nitrogens with zero attached hydrogens (tertiary/aromatic N) is 1. The SMILES string of the molecule is CC(N)CC(=O)NC1CC(C)N(Cc2ccccc2)C1.Cl.Cl. The Kier molecular flexibility index (Phi) is 9.69. The minimum absolute atomic E-state index is 0. The van der Waals surface area contributed by atoms with Gasteiger partial charge >= 0.3 is 0 Å². The number of amides is 1. The second-order valence-corrected chi connectivity index (χ2v) is 5.95. The van der Waals surface area contributed by atoms with Gasteiger partial charge in [-0.05, 0) is 25.8 Å². The van der Waals surface area contributed by atoms with Crippen molar-refractivity contribution in [2.75, 3.05) is 6.54 Å². The molecular weight excluding hydrogens is 321 g/mol. The third kappa shape index (κ3) is 6.53. The topological polar surface area (TPSA) is 58.4 Å². The van der Waals surface area contributed by atoms with Crippen molar-refractivity contribution in [1.82, 2.24) is 10.2 Å². The van der Waals surface area contributed by atoms with E-state index >= 15 is 0 Å². The van der Waals surface area contributed by atoms with Crippen LogP contribution < -0.4 is 11.1 Å². The van der Waals surface area contributed by atoms with Gasteiger partial charge in [0.2, 0.25) is 5.91 Å². The zero-order chi connectivity index (χ0) is 14.5. The Hall–Kier alpha value is -0.810. The summed E-state index contributed by atoms with van der Waals surface area (Å²) in [5, 5.41) is 3.10. The molecule has 0 spiro atoms. The summed E-state index contributed by atoms with van der Waals surface area (Å²) in [6, 6.07) is 11.1. The molecular formula is C16H27Cl2N3O. The molecule has 1 aliphatic heterocycles. The number of halogens is 2.